The number of hydrogen-bond donors (Lipinski definition) is 2. The van der Waals surface area contributed by atoms with Crippen molar-refractivity contribution in [2.75, 3.05) is 26.3 Å². The van der Waals surface area contributed by atoms with Crippen LogP contribution in [0.3, 0.4) is 0 Å². The molecule has 0 aliphatic carbocycles. The molecule has 1 unspecified atom stereocenters. The molecular weight excluding hydrogens is 248 g/mol. The topological polar surface area (TPSA) is 78.9 Å². The Bertz CT molecular complexity index is 296. The molecule has 1 atom stereocenters. The van der Waals surface area contributed by atoms with E-state index in [1.807, 2.05) is 6.92 Å². The van der Waals surface area contributed by atoms with E-state index in [1.165, 1.54) is 0 Å². The Hall–Kier alpha value is -1.30. The average molecular weight is 272 g/mol. The van der Waals surface area contributed by atoms with E-state index in [9.17, 15) is 9.59 Å². The highest BCUT2D eigenvalue weighted by molar-refractivity contribution is 5.74. The molecule has 2 amide bonds. The molecule has 1 heterocycles. The first-order valence-corrected chi connectivity index (χ1v) is 6.95. The van der Waals surface area contributed by atoms with Crippen LogP contribution in [-0.2, 0) is 9.53 Å². The van der Waals surface area contributed by atoms with Gasteiger partial charge in [0.25, 0.3) is 0 Å². The maximum atomic E-state index is 11.9. The maximum absolute atomic E-state index is 11.9. The molecule has 2 N–H and O–H groups in total. The normalized spacial score (nSPS) is 19.2. The number of unbranched alkanes of at least 4 members (excludes halogenated alkanes) is 3. The third-order valence-electron chi connectivity index (χ3n) is 3.22. The standard InChI is InChI=1S/C13H24N2O4/c1-11-10-19-9-8-15(11)13(18)14-7-5-3-2-4-6-12(16)17/h11H,2-10H2,1H3,(H,14,18)(H,16,17). The van der Waals surface area contributed by atoms with Crippen molar-refractivity contribution in [3.63, 3.8) is 0 Å². The van der Waals surface area contributed by atoms with Gasteiger partial charge in [-0.25, -0.2) is 4.79 Å². The molecule has 1 saturated heterocycles. The fraction of sp³-hybridized carbons (Fsp3) is 0.846. The summed E-state index contributed by atoms with van der Waals surface area (Å²) in [4.78, 5) is 24.0. The van der Waals surface area contributed by atoms with Crippen molar-refractivity contribution in [3.8, 4) is 0 Å². The Labute approximate surface area is 114 Å². The van der Waals surface area contributed by atoms with Crippen LogP contribution in [0.15, 0.2) is 0 Å². The number of aliphatic carboxylic acids is 1. The average Bonchev–Trinajstić information content (AvgIpc) is 2.37. The van der Waals surface area contributed by atoms with Crippen molar-refractivity contribution >= 4 is 12.0 Å². The van der Waals surface area contributed by atoms with E-state index < -0.39 is 5.97 Å². The van der Waals surface area contributed by atoms with Gasteiger partial charge in [-0.2, -0.15) is 0 Å². The van der Waals surface area contributed by atoms with Gasteiger partial charge in [0.2, 0.25) is 0 Å². The Morgan fingerprint density at radius 3 is 2.74 bits per heavy atom. The molecule has 6 nitrogen and oxygen atoms in total. The molecule has 110 valence electrons. The smallest absolute Gasteiger partial charge is 0.317 e. The van der Waals surface area contributed by atoms with Crippen LogP contribution in [0.5, 0.6) is 0 Å². The van der Waals surface area contributed by atoms with Gasteiger partial charge >= 0.3 is 12.0 Å². The third kappa shape index (κ3) is 6.42. The monoisotopic (exact) mass is 272 g/mol. The second-order valence-corrected chi connectivity index (χ2v) is 4.91. The summed E-state index contributed by atoms with van der Waals surface area (Å²) < 4.78 is 5.28. The minimum atomic E-state index is -0.741. The fourth-order valence-electron chi connectivity index (χ4n) is 2.08. The van der Waals surface area contributed by atoms with Gasteiger partial charge in [-0.05, 0) is 19.8 Å². The number of rotatable bonds is 7. The number of carboxylic acids is 1. The minimum Gasteiger partial charge on any atom is -0.481 e. The molecule has 1 aliphatic heterocycles. The predicted octanol–water partition coefficient (Wildman–Crippen LogP) is 1.45. The lowest BCUT2D eigenvalue weighted by atomic mass is 10.1. The van der Waals surface area contributed by atoms with Gasteiger partial charge in [0.1, 0.15) is 0 Å². The molecule has 1 fully saturated rings. The lowest BCUT2D eigenvalue weighted by molar-refractivity contribution is -0.137. The third-order valence-corrected chi connectivity index (χ3v) is 3.22. The van der Waals surface area contributed by atoms with Crippen LogP contribution in [0.4, 0.5) is 4.79 Å². The Kier molecular flexibility index (Phi) is 7.25. The van der Waals surface area contributed by atoms with Gasteiger partial charge in [-0.3, -0.25) is 4.79 Å². The molecule has 0 spiro atoms. The zero-order valence-electron chi connectivity index (χ0n) is 11.6. The van der Waals surface area contributed by atoms with Gasteiger partial charge in [-0.15, -0.1) is 0 Å². The number of carboxylic acid groups (broad SMARTS) is 1. The molecule has 0 aromatic carbocycles. The van der Waals surface area contributed by atoms with E-state index >= 15 is 0 Å². The van der Waals surface area contributed by atoms with Crippen LogP contribution in [0.2, 0.25) is 0 Å². The molecule has 0 saturated carbocycles. The Morgan fingerprint density at radius 2 is 2.05 bits per heavy atom. The van der Waals surface area contributed by atoms with Crippen LogP contribution in [0, 0.1) is 0 Å². The molecule has 0 radical (unpaired) electrons. The van der Waals surface area contributed by atoms with Crippen molar-refractivity contribution < 1.29 is 19.4 Å². The van der Waals surface area contributed by atoms with Gasteiger partial charge in [0, 0.05) is 19.5 Å². The fourth-order valence-corrected chi connectivity index (χ4v) is 2.08. The second-order valence-electron chi connectivity index (χ2n) is 4.91. The SMILES string of the molecule is CC1COCCN1C(=O)NCCCCCCC(=O)O. The number of carbonyl (C=O) groups is 2. The van der Waals surface area contributed by atoms with Crippen LogP contribution in [0.25, 0.3) is 0 Å². The zero-order valence-corrected chi connectivity index (χ0v) is 11.6. The van der Waals surface area contributed by atoms with E-state index in [2.05, 4.69) is 5.32 Å². The first-order chi connectivity index (χ1) is 9.11. The summed E-state index contributed by atoms with van der Waals surface area (Å²) in [6, 6.07) is 0.102. The molecule has 6 heteroatoms. The largest absolute Gasteiger partial charge is 0.481 e. The first kappa shape index (κ1) is 15.8. The lowest BCUT2D eigenvalue weighted by Gasteiger charge is -2.33. The molecule has 0 bridgehead atoms. The van der Waals surface area contributed by atoms with Gasteiger partial charge in [-0.1, -0.05) is 12.8 Å². The Balaban J connectivity index is 2.02. The van der Waals surface area contributed by atoms with Crippen molar-refractivity contribution in [2.45, 2.75) is 45.1 Å². The number of nitrogens with zero attached hydrogens (tertiary/aromatic N) is 1. The van der Waals surface area contributed by atoms with E-state index in [0.717, 1.165) is 19.3 Å². The highest BCUT2D eigenvalue weighted by Crippen LogP contribution is 2.06. The molecular formula is C13H24N2O4. The highest BCUT2D eigenvalue weighted by atomic mass is 16.5. The van der Waals surface area contributed by atoms with Crippen LogP contribution in [-0.4, -0.2) is 54.4 Å². The molecule has 19 heavy (non-hydrogen) atoms. The number of nitrogens with one attached hydrogen (secondary N) is 1. The molecule has 1 aliphatic rings. The highest BCUT2D eigenvalue weighted by Gasteiger charge is 2.22. The van der Waals surface area contributed by atoms with Gasteiger partial charge in [0.15, 0.2) is 0 Å². The van der Waals surface area contributed by atoms with Crippen LogP contribution >= 0.6 is 0 Å². The zero-order chi connectivity index (χ0) is 14.1. The predicted molar refractivity (Wildman–Crippen MR) is 71.1 cm³/mol. The van der Waals surface area contributed by atoms with Crippen molar-refractivity contribution in [1.29, 1.82) is 0 Å². The van der Waals surface area contributed by atoms with Gasteiger partial charge < -0.3 is 20.1 Å². The van der Waals surface area contributed by atoms with Crippen LogP contribution in [0.1, 0.15) is 39.0 Å². The molecule has 1 rings (SSSR count). The summed E-state index contributed by atoms with van der Waals surface area (Å²) in [5.74, 6) is -0.741. The maximum Gasteiger partial charge on any atom is 0.317 e. The minimum absolute atomic E-state index is 0.0265. The number of morpholine rings is 1. The quantitative estimate of drug-likeness (QED) is 0.688. The van der Waals surface area contributed by atoms with E-state index in [-0.39, 0.29) is 18.5 Å². The number of urea groups is 1. The van der Waals surface area contributed by atoms with Crippen molar-refractivity contribution in [1.82, 2.24) is 10.2 Å². The summed E-state index contributed by atoms with van der Waals surface area (Å²) in [5.41, 5.74) is 0. The lowest BCUT2D eigenvalue weighted by Crippen LogP contribution is -2.51. The summed E-state index contributed by atoms with van der Waals surface area (Å²) in [6.07, 6.45) is 3.69. The summed E-state index contributed by atoms with van der Waals surface area (Å²) in [6.45, 7) is 4.47. The number of ether oxygens (including phenoxy) is 1. The first-order valence-electron chi connectivity index (χ1n) is 6.95. The number of hydrogen-bond acceptors (Lipinski definition) is 3. The Morgan fingerprint density at radius 1 is 1.32 bits per heavy atom. The summed E-state index contributed by atoms with van der Waals surface area (Å²) in [7, 11) is 0. The van der Waals surface area contributed by atoms with E-state index in [4.69, 9.17) is 9.84 Å². The van der Waals surface area contributed by atoms with Crippen LogP contribution < -0.4 is 5.32 Å². The second kappa shape index (κ2) is 8.74. The van der Waals surface area contributed by atoms with E-state index in [1.54, 1.807) is 4.90 Å². The van der Waals surface area contributed by atoms with E-state index in [0.29, 0.717) is 32.7 Å². The van der Waals surface area contributed by atoms with Crippen molar-refractivity contribution in [3.05, 3.63) is 0 Å². The van der Waals surface area contributed by atoms with Crippen molar-refractivity contribution in [2.24, 2.45) is 0 Å². The molecule has 0 aromatic heterocycles. The van der Waals surface area contributed by atoms with Gasteiger partial charge in [0.05, 0.1) is 19.3 Å². The summed E-state index contributed by atoms with van der Waals surface area (Å²) in [5, 5.41) is 11.4. The molecule has 0 aromatic rings. The number of carbonyl (C=O) groups excluding carboxylic acids is 1. The number of amides is 2. The summed E-state index contributed by atoms with van der Waals surface area (Å²) >= 11 is 0.